The zero-order chi connectivity index (χ0) is 16.4. The number of sulfonamides is 1. The molecule has 2 aliphatic rings. The van der Waals surface area contributed by atoms with Crippen molar-refractivity contribution in [2.75, 3.05) is 29.8 Å². The summed E-state index contributed by atoms with van der Waals surface area (Å²) in [6, 6.07) is 5.30. The Kier molecular flexibility index (Phi) is 4.59. The minimum atomic E-state index is -3.41. The van der Waals surface area contributed by atoms with Gasteiger partial charge < -0.3 is 9.84 Å². The Labute approximate surface area is 136 Å². The van der Waals surface area contributed by atoms with Crippen molar-refractivity contribution >= 4 is 21.7 Å². The molecular formula is C16H21NO5S. The number of aliphatic carboxylic acids is 1. The second kappa shape index (κ2) is 6.49. The SMILES string of the molecule is O=C(O)Cc1ccc2c(c1)N(S(=O)(=O)CC1CCCOC1)CC2. The summed E-state index contributed by atoms with van der Waals surface area (Å²) in [5, 5.41) is 8.91. The van der Waals surface area contributed by atoms with Crippen LogP contribution in [0.15, 0.2) is 18.2 Å². The summed E-state index contributed by atoms with van der Waals surface area (Å²) in [4.78, 5) is 10.9. The quantitative estimate of drug-likeness (QED) is 0.877. The molecule has 23 heavy (non-hydrogen) atoms. The molecule has 7 heteroatoms. The molecule has 1 atom stereocenters. The lowest BCUT2D eigenvalue weighted by atomic mass is 10.1. The first-order valence-electron chi connectivity index (χ1n) is 7.87. The largest absolute Gasteiger partial charge is 0.481 e. The van der Waals surface area contributed by atoms with E-state index >= 15 is 0 Å². The van der Waals surface area contributed by atoms with Crippen LogP contribution < -0.4 is 4.31 Å². The molecule has 3 rings (SSSR count). The lowest BCUT2D eigenvalue weighted by molar-refractivity contribution is -0.136. The Bertz CT molecular complexity index is 694. The van der Waals surface area contributed by atoms with Crippen LogP contribution in [0.25, 0.3) is 0 Å². The number of fused-ring (bicyclic) bond motifs is 1. The van der Waals surface area contributed by atoms with E-state index in [0.29, 0.717) is 37.4 Å². The number of benzene rings is 1. The number of anilines is 1. The van der Waals surface area contributed by atoms with Crippen LogP contribution in [0.3, 0.4) is 0 Å². The van der Waals surface area contributed by atoms with Gasteiger partial charge in [-0.05, 0) is 42.4 Å². The van der Waals surface area contributed by atoms with Crippen molar-refractivity contribution in [3.63, 3.8) is 0 Å². The van der Waals surface area contributed by atoms with Crippen LogP contribution in [0.5, 0.6) is 0 Å². The van der Waals surface area contributed by atoms with Gasteiger partial charge in [-0.1, -0.05) is 12.1 Å². The maximum Gasteiger partial charge on any atom is 0.307 e. The highest BCUT2D eigenvalue weighted by Gasteiger charge is 2.32. The Hall–Kier alpha value is -1.60. The monoisotopic (exact) mass is 339 g/mol. The van der Waals surface area contributed by atoms with Gasteiger partial charge in [-0.3, -0.25) is 9.10 Å². The van der Waals surface area contributed by atoms with Gasteiger partial charge in [0.25, 0.3) is 0 Å². The number of carbonyl (C=O) groups is 1. The summed E-state index contributed by atoms with van der Waals surface area (Å²) in [5.74, 6) is -0.785. The Morgan fingerprint density at radius 3 is 2.91 bits per heavy atom. The molecule has 0 amide bonds. The fraction of sp³-hybridized carbons (Fsp3) is 0.562. The summed E-state index contributed by atoms with van der Waals surface area (Å²) in [5.41, 5.74) is 2.22. The molecule has 1 N–H and O–H groups in total. The zero-order valence-corrected chi connectivity index (χ0v) is 13.7. The molecule has 1 unspecified atom stereocenters. The minimum Gasteiger partial charge on any atom is -0.481 e. The maximum atomic E-state index is 12.8. The van der Waals surface area contributed by atoms with Gasteiger partial charge in [0, 0.05) is 13.2 Å². The van der Waals surface area contributed by atoms with E-state index in [0.717, 1.165) is 18.4 Å². The number of hydrogen-bond acceptors (Lipinski definition) is 4. The highest BCUT2D eigenvalue weighted by atomic mass is 32.2. The van der Waals surface area contributed by atoms with Crippen molar-refractivity contribution in [3.05, 3.63) is 29.3 Å². The average molecular weight is 339 g/mol. The van der Waals surface area contributed by atoms with Crippen LogP contribution in [-0.4, -0.2) is 45.0 Å². The van der Waals surface area contributed by atoms with Gasteiger partial charge in [0.2, 0.25) is 10.0 Å². The predicted molar refractivity (Wildman–Crippen MR) is 86.2 cm³/mol. The fourth-order valence-electron chi connectivity index (χ4n) is 3.30. The topological polar surface area (TPSA) is 83.9 Å². The Balaban J connectivity index is 1.80. The summed E-state index contributed by atoms with van der Waals surface area (Å²) in [6.45, 7) is 1.64. The Morgan fingerprint density at radius 1 is 1.39 bits per heavy atom. The lowest BCUT2D eigenvalue weighted by Gasteiger charge is -2.26. The predicted octanol–water partition coefficient (Wildman–Crippen LogP) is 1.43. The van der Waals surface area contributed by atoms with E-state index in [2.05, 4.69) is 0 Å². The molecule has 1 saturated heterocycles. The first-order valence-corrected chi connectivity index (χ1v) is 9.48. The van der Waals surface area contributed by atoms with Crippen molar-refractivity contribution < 1.29 is 23.1 Å². The molecular weight excluding hydrogens is 318 g/mol. The number of carboxylic acid groups (broad SMARTS) is 1. The summed E-state index contributed by atoms with van der Waals surface area (Å²) in [7, 11) is -3.41. The summed E-state index contributed by atoms with van der Waals surface area (Å²) < 4.78 is 32.3. The molecule has 0 radical (unpaired) electrons. The van der Waals surface area contributed by atoms with Crippen LogP contribution in [0.4, 0.5) is 5.69 Å². The van der Waals surface area contributed by atoms with Crippen LogP contribution in [0.2, 0.25) is 0 Å². The van der Waals surface area contributed by atoms with Crippen molar-refractivity contribution in [3.8, 4) is 0 Å². The summed E-state index contributed by atoms with van der Waals surface area (Å²) in [6.07, 6.45) is 2.35. The second-order valence-electron chi connectivity index (χ2n) is 6.22. The first kappa shape index (κ1) is 16.3. The standard InChI is InChI=1S/C16H21NO5S/c18-16(19)9-12-3-4-14-5-6-17(15(14)8-12)23(20,21)11-13-2-1-7-22-10-13/h3-4,8,13H,1-2,5-7,9-11H2,(H,18,19). The smallest absolute Gasteiger partial charge is 0.307 e. The Morgan fingerprint density at radius 2 is 2.22 bits per heavy atom. The number of nitrogens with zero attached hydrogens (tertiary/aromatic N) is 1. The van der Waals surface area contributed by atoms with Crippen LogP contribution in [-0.2, 0) is 32.4 Å². The molecule has 0 aliphatic carbocycles. The first-order chi connectivity index (χ1) is 11.0. The minimum absolute atomic E-state index is 0.0417. The number of hydrogen-bond donors (Lipinski definition) is 1. The third-order valence-electron chi connectivity index (χ3n) is 4.39. The number of ether oxygens (including phenoxy) is 1. The van der Waals surface area contributed by atoms with Gasteiger partial charge >= 0.3 is 5.97 Å². The van der Waals surface area contributed by atoms with E-state index in [4.69, 9.17) is 9.84 Å². The molecule has 1 aromatic rings. The average Bonchev–Trinajstić information content (AvgIpc) is 2.91. The lowest BCUT2D eigenvalue weighted by Crippen LogP contribution is -2.36. The van der Waals surface area contributed by atoms with E-state index in [9.17, 15) is 13.2 Å². The molecule has 126 valence electrons. The molecule has 0 bridgehead atoms. The van der Waals surface area contributed by atoms with E-state index in [1.165, 1.54) is 4.31 Å². The molecule has 0 aromatic heterocycles. The molecule has 1 fully saturated rings. The van der Waals surface area contributed by atoms with E-state index in [1.54, 1.807) is 12.1 Å². The van der Waals surface area contributed by atoms with Crippen LogP contribution >= 0.6 is 0 Å². The number of rotatable bonds is 5. The number of carboxylic acids is 1. The van der Waals surface area contributed by atoms with Crippen molar-refractivity contribution in [2.24, 2.45) is 5.92 Å². The molecule has 1 aromatic carbocycles. The molecule has 2 heterocycles. The van der Waals surface area contributed by atoms with Gasteiger partial charge in [-0.2, -0.15) is 0 Å². The normalized spacial score (nSPS) is 21.2. The van der Waals surface area contributed by atoms with Crippen LogP contribution in [0.1, 0.15) is 24.0 Å². The van der Waals surface area contributed by atoms with Gasteiger partial charge in [-0.15, -0.1) is 0 Å². The fourth-order valence-corrected chi connectivity index (χ4v) is 5.17. The zero-order valence-electron chi connectivity index (χ0n) is 12.9. The third kappa shape index (κ3) is 3.67. The van der Waals surface area contributed by atoms with E-state index in [1.807, 2.05) is 6.07 Å². The van der Waals surface area contributed by atoms with Crippen LogP contribution in [0, 0.1) is 5.92 Å². The van der Waals surface area contributed by atoms with Crippen molar-refractivity contribution in [1.29, 1.82) is 0 Å². The molecule has 6 nitrogen and oxygen atoms in total. The third-order valence-corrected chi connectivity index (χ3v) is 6.34. The highest BCUT2D eigenvalue weighted by Crippen LogP contribution is 2.32. The summed E-state index contributed by atoms with van der Waals surface area (Å²) >= 11 is 0. The highest BCUT2D eigenvalue weighted by molar-refractivity contribution is 7.92. The van der Waals surface area contributed by atoms with E-state index in [-0.39, 0.29) is 18.1 Å². The van der Waals surface area contributed by atoms with Gasteiger partial charge in [0.05, 0.1) is 24.5 Å². The van der Waals surface area contributed by atoms with Gasteiger partial charge in [-0.25, -0.2) is 8.42 Å². The van der Waals surface area contributed by atoms with E-state index < -0.39 is 16.0 Å². The molecule has 2 aliphatic heterocycles. The van der Waals surface area contributed by atoms with Crippen molar-refractivity contribution in [2.45, 2.75) is 25.7 Å². The van der Waals surface area contributed by atoms with Crippen molar-refractivity contribution in [1.82, 2.24) is 0 Å². The van der Waals surface area contributed by atoms with Gasteiger partial charge in [0.15, 0.2) is 0 Å². The molecule has 0 saturated carbocycles. The van der Waals surface area contributed by atoms with Gasteiger partial charge in [0.1, 0.15) is 0 Å². The maximum absolute atomic E-state index is 12.8. The molecule has 0 spiro atoms. The second-order valence-corrected chi connectivity index (χ2v) is 8.16.